The first-order valence-corrected chi connectivity index (χ1v) is 20.4. The summed E-state index contributed by atoms with van der Waals surface area (Å²) >= 11 is 14.3. The van der Waals surface area contributed by atoms with Crippen molar-refractivity contribution in [2.75, 3.05) is 11.9 Å². The molecule has 4 aromatic heterocycles. The summed E-state index contributed by atoms with van der Waals surface area (Å²) in [5.74, 6) is -0.759. The molecule has 3 aliphatic carbocycles. The van der Waals surface area contributed by atoms with E-state index in [1.165, 1.54) is 17.5 Å². The number of hydrogen-bond donors (Lipinski definition) is 1. The molecule has 0 radical (unpaired) electrons. The number of benzene rings is 3. The number of aromatic nitrogens is 5. The van der Waals surface area contributed by atoms with E-state index in [4.69, 9.17) is 47.9 Å². The van der Waals surface area contributed by atoms with E-state index in [0.717, 1.165) is 42.4 Å². The van der Waals surface area contributed by atoms with E-state index in [1.54, 1.807) is 12.1 Å². The fraction of sp³-hybridized carbons (Fsp3) is 0.250. The largest absolute Gasteiger partial charge is 0.466 e. The van der Waals surface area contributed by atoms with Crippen molar-refractivity contribution in [3.05, 3.63) is 148 Å². The summed E-state index contributed by atoms with van der Waals surface area (Å²) < 4.78 is 25.1. The highest BCUT2D eigenvalue weighted by Crippen LogP contribution is 2.48. The topological polar surface area (TPSA) is 94.8 Å². The molecule has 7 aromatic rings. The number of carbonyl (C=O) groups is 1. The number of rotatable bonds is 10. The second-order valence-electron chi connectivity index (χ2n) is 14.4. The second kappa shape index (κ2) is 15.1. The molecule has 1 N–H and O–H groups in total. The molecule has 0 amide bonds. The van der Waals surface area contributed by atoms with Crippen LogP contribution in [0, 0.1) is 23.6 Å². The van der Waals surface area contributed by atoms with E-state index in [9.17, 15) is 4.79 Å². The quantitative estimate of drug-likeness (QED) is 0.109. The van der Waals surface area contributed by atoms with Gasteiger partial charge in [-0.2, -0.15) is 0 Å². The van der Waals surface area contributed by atoms with E-state index >= 15 is 4.39 Å². The van der Waals surface area contributed by atoms with Crippen molar-refractivity contribution in [1.82, 2.24) is 24.5 Å². The van der Waals surface area contributed by atoms with Gasteiger partial charge in [-0.15, -0.1) is 11.3 Å². The Kier molecular flexibility index (Phi) is 9.81. The number of hydrogen-bond acceptors (Lipinski definition) is 8. The second-order valence-corrected chi connectivity index (χ2v) is 16.5. The Hall–Kier alpha value is -5.16. The molecule has 3 fully saturated rings. The Morgan fingerprint density at radius 3 is 2.04 bits per heavy atom. The molecular weight excluding hydrogens is 766 g/mol. The molecule has 12 heteroatoms. The van der Waals surface area contributed by atoms with Crippen molar-refractivity contribution in [2.24, 2.45) is 17.8 Å². The molecular formula is C44H37Cl2FN6O2S. The number of esters is 1. The first-order chi connectivity index (χ1) is 27.4. The third-order valence-corrected chi connectivity index (χ3v) is 12.8. The van der Waals surface area contributed by atoms with Gasteiger partial charge in [-0.25, -0.2) is 24.3 Å². The molecule has 0 spiro atoms. The number of carbonyl (C=O) groups excluding carboxylic acids is 1. The van der Waals surface area contributed by atoms with Crippen LogP contribution in [0.2, 0.25) is 9.49 Å². The number of thiophene rings is 1. The molecule has 0 saturated heterocycles. The summed E-state index contributed by atoms with van der Waals surface area (Å²) in [4.78, 5) is 33.6. The average molecular weight is 804 g/mol. The van der Waals surface area contributed by atoms with E-state index < -0.39 is 17.3 Å². The van der Waals surface area contributed by atoms with E-state index in [0.29, 0.717) is 25.9 Å². The smallest absolute Gasteiger partial charge is 0.311 e. The molecule has 0 unspecified atom stereocenters. The van der Waals surface area contributed by atoms with Crippen LogP contribution in [0.15, 0.2) is 116 Å². The van der Waals surface area contributed by atoms with Gasteiger partial charge in [0.1, 0.15) is 21.9 Å². The Balaban J connectivity index is 1.30. The SMILES string of the molecule is CCOC(=O)[C@H]1C2CCC(CC2)[C@@H]1Nc1nc(-c2cn(C(c3ccccc3)(c3ccccc3)c3ccccc3)c3nc(Cl)cnc23)nc(-c2ccc(Cl)s2)c1F. The van der Waals surface area contributed by atoms with Crippen LogP contribution in [-0.2, 0) is 15.1 Å². The van der Waals surface area contributed by atoms with Crippen molar-refractivity contribution >= 4 is 57.5 Å². The van der Waals surface area contributed by atoms with E-state index in [-0.39, 0.29) is 52.9 Å². The van der Waals surface area contributed by atoms with Crippen molar-refractivity contribution in [1.29, 1.82) is 0 Å². The van der Waals surface area contributed by atoms with Gasteiger partial charge in [-0.1, -0.05) is 114 Å². The molecule has 10 rings (SSSR count). The Bertz CT molecular complexity index is 2430. The van der Waals surface area contributed by atoms with Crippen molar-refractivity contribution in [3.8, 4) is 22.0 Å². The monoisotopic (exact) mass is 802 g/mol. The predicted octanol–water partition coefficient (Wildman–Crippen LogP) is 10.7. The zero-order chi connectivity index (χ0) is 38.4. The van der Waals surface area contributed by atoms with Crippen LogP contribution in [0.5, 0.6) is 0 Å². The molecule has 2 bridgehead atoms. The Labute approximate surface area is 337 Å². The number of fused-ring (bicyclic) bond motifs is 4. The first-order valence-electron chi connectivity index (χ1n) is 18.8. The Morgan fingerprint density at radius 2 is 1.46 bits per heavy atom. The lowest BCUT2D eigenvalue weighted by molar-refractivity contribution is -0.154. The molecule has 4 heterocycles. The molecule has 0 aliphatic heterocycles. The molecule has 3 aromatic carbocycles. The van der Waals surface area contributed by atoms with Crippen LogP contribution in [0.3, 0.4) is 0 Å². The van der Waals surface area contributed by atoms with Crippen molar-refractivity contribution in [2.45, 2.75) is 44.2 Å². The van der Waals surface area contributed by atoms with Gasteiger partial charge in [0.05, 0.1) is 33.5 Å². The van der Waals surface area contributed by atoms with Crippen LogP contribution in [0.25, 0.3) is 33.1 Å². The van der Waals surface area contributed by atoms with Gasteiger partial charge in [0.25, 0.3) is 0 Å². The van der Waals surface area contributed by atoms with Crippen LogP contribution >= 0.6 is 34.5 Å². The maximum Gasteiger partial charge on any atom is 0.311 e. The summed E-state index contributed by atoms with van der Waals surface area (Å²) in [5.41, 5.74) is 3.51. The highest BCUT2D eigenvalue weighted by Gasteiger charge is 2.48. The summed E-state index contributed by atoms with van der Waals surface area (Å²) in [6.07, 6.45) is 7.20. The van der Waals surface area contributed by atoms with Gasteiger partial charge in [0, 0.05) is 12.2 Å². The van der Waals surface area contributed by atoms with Crippen LogP contribution in [-0.4, -0.2) is 43.1 Å². The van der Waals surface area contributed by atoms with Crippen molar-refractivity contribution in [3.63, 3.8) is 0 Å². The normalized spacial score (nSPS) is 19.3. The van der Waals surface area contributed by atoms with Gasteiger partial charge in [-0.05, 0) is 73.3 Å². The van der Waals surface area contributed by atoms with Gasteiger partial charge in [-0.3, -0.25) is 4.79 Å². The highest BCUT2D eigenvalue weighted by atomic mass is 35.5. The molecule has 8 nitrogen and oxygen atoms in total. The maximum atomic E-state index is 17.0. The summed E-state index contributed by atoms with van der Waals surface area (Å²) in [6.45, 7) is 2.09. The van der Waals surface area contributed by atoms with E-state index in [2.05, 4.69) is 46.3 Å². The molecule has 282 valence electrons. The lowest BCUT2D eigenvalue weighted by Gasteiger charge is -2.47. The zero-order valence-corrected chi connectivity index (χ0v) is 32.7. The molecule has 3 saturated carbocycles. The number of nitrogens with zero attached hydrogens (tertiary/aromatic N) is 5. The fourth-order valence-corrected chi connectivity index (χ4v) is 10.2. The summed E-state index contributed by atoms with van der Waals surface area (Å²) in [6, 6.07) is 33.7. The third-order valence-electron chi connectivity index (χ3n) is 11.4. The number of ether oxygens (including phenoxy) is 1. The average Bonchev–Trinajstić information content (AvgIpc) is 3.84. The first kappa shape index (κ1) is 36.5. The summed E-state index contributed by atoms with van der Waals surface area (Å²) in [7, 11) is 0. The van der Waals surface area contributed by atoms with Gasteiger partial charge < -0.3 is 14.6 Å². The van der Waals surface area contributed by atoms with Crippen LogP contribution in [0.4, 0.5) is 10.2 Å². The molecule has 2 atom stereocenters. The number of nitrogens with one attached hydrogen (secondary N) is 1. The van der Waals surface area contributed by atoms with Gasteiger partial charge >= 0.3 is 5.97 Å². The predicted molar refractivity (Wildman–Crippen MR) is 219 cm³/mol. The summed E-state index contributed by atoms with van der Waals surface area (Å²) in [5, 5.41) is 3.66. The lowest BCUT2D eigenvalue weighted by Crippen LogP contribution is -2.52. The van der Waals surface area contributed by atoms with Gasteiger partial charge in [0.2, 0.25) is 0 Å². The highest BCUT2D eigenvalue weighted by molar-refractivity contribution is 7.19. The minimum absolute atomic E-state index is 0.00429. The number of anilines is 1. The minimum Gasteiger partial charge on any atom is -0.466 e. The molecule has 56 heavy (non-hydrogen) atoms. The molecule has 3 aliphatic rings. The third kappa shape index (κ3) is 6.24. The van der Waals surface area contributed by atoms with E-state index in [1.807, 2.05) is 67.7 Å². The number of halogens is 3. The fourth-order valence-electron chi connectivity index (χ4n) is 9.00. The Morgan fingerprint density at radius 1 is 0.857 bits per heavy atom. The minimum atomic E-state index is -0.973. The maximum absolute atomic E-state index is 17.0. The van der Waals surface area contributed by atoms with Crippen LogP contribution in [0.1, 0.15) is 49.3 Å². The standard InChI is InChI=1S/C44H37Cl2FN6O2S/c1-2-55-43(54)35-26-18-20-27(21-19-26)37(35)50-41-36(47)39(32-22-23-34(46)56-32)51-40(52-41)31-25-53(42-38(31)48-24-33(45)49-42)44(28-12-6-3-7-13-28,29-14-8-4-9-15-29)30-16-10-5-11-17-30/h3-17,22-27,35,37H,2,18-21H2,1H3,(H,50,51,52)/t26?,27?,35-,37-/m0/s1. The van der Waals surface area contributed by atoms with Crippen molar-refractivity contribution < 1.29 is 13.9 Å². The van der Waals surface area contributed by atoms with Gasteiger partial charge in [0.15, 0.2) is 23.1 Å². The zero-order valence-electron chi connectivity index (χ0n) is 30.4. The van der Waals surface area contributed by atoms with Crippen LogP contribution < -0.4 is 5.32 Å². The lowest BCUT2D eigenvalue weighted by atomic mass is 9.61.